The third-order valence-corrected chi connectivity index (χ3v) is 4.83. The molecule has 0 aliphatic carbocycles. The number of aryl methyl sites for hydroxylation is 1. The molecule has 1 aromatic carbocycles. The van der Waals surface area contributed by atoms with Crippen LogP contribution in [-0.2, 0) is 0 Å². The van der Waals surface area contributed by atoms with Crippen LogP contribution in [0.2, 0.25) is 0 Å². The first-order valence-electron chi connectivity index (χ1n) is 8.54. The average Bonchev–Trinajstić information content (AvgIpc) is 3.28. The number of H-pyrrole nitrogens is 1. The summed E-state index contributed by atoms with van der Waals surface area (Å²) in [6.45, 7) is 3.41. The van der Waals surface area contributed by atoms with Gasteiger partial charge < -0.3 is 10.2 Å². The number of anilines is 1. The topological polar surface area (TPSA) is 73.9 Å². The Morgan fingerprint density at radius 2 is 2.16 bits per heavy atom. The normalized spacial score (nSPS) is 17.2. The molecular weight excluding hydrogens is 314 g/mol. The minimum atomic E-state index is -0.0126. The molecule has 0 saturated carbocycles. The van der Waals surface area contributed by atoms with Crippen LogP contribution in [0.5, 0.6) is 0 Å². The van der Waals surface area contributed by atoms with Crippen molar-refractivity contribution in [3.63, 3.8) is 0 Å². The van der Waals surface area contributed by atoms with Gasteiger partial charge in [-0.3, -0.25) is 14.9 Å². The van der Waals surface area contributed by atoms with Crippen LogP contribution in [0.4, 0.5) is 5.69 Å². The van der Waals surface area contributed by atoms with Gasteiger partial charge in [-0.2, -0.15) is 5.10 Å². The van der Waals surface area contributed by atoms with E-state index in [4.69, 9.17) is 0 Å². The highest BCUT2D eigenvalue weighted by Gasteiger charge is 2.30. The maximum atomic E-state index is 12.9. The molecule has 128 valence electrons. The number of aromatic nitrogens is 3. The van der Waals surface area contributed by atoms with Gasteiger partial charge in [-0.1, -0.05) is 18.2 Å². The van der Waals surface area contributed by atoms with E-state index in [2.05, 4.69) is 26.6 Å². The molecule has 4 rings (SSSR count). The number of amides is 1. The van der Waals surface area contributed by atoms with Crippen LogP contribution in [0, 0.1) is 6.92 Å². The molecule has 1 amide bonds. The standard InChI is InChI=1S/C19H21N5O/c1-12-9-14(20-2)10-17(21-12)13-7-8-24(11-13)19(25)18-15-5-3-4-6-16(15)22-23-18/h3-6,9-10,13H,7-8,11H2,1-2H3,(H,20,21)(H,22,23)/t13-/m0/s1. The van der Waals surface area contributed by atoms with Crippen molar-refractivity contribution in [3.8, 4) is 0 Å². The van der Waals surface area contributed by atoms with E-state index in [1.807, 2.05) is 49.2 Å². The van der Waals surface area contributed by atoms with Crippen molar-refractivity contribution in [2.24, 2.45) is 0 Å². The van der Waals surface area contributed by atoms with Crippen LogP contribution in [0.1, 0.15) is 34.2 Å². The Bertz CT molecular complexity index is 932. The van der Waals surface area contributed by atoms with Crippen LogP contribution in [0.25, 0.3) is 10.9 Å². The van der Waals surface area contributed by atoms with Gasteiger partial charge in [-0.05, 0) is 31.5 Å². The summed E-state index contributed by atoms with van der Waals surface area (Å²) >= 11 is 0. The fourth-order valence-electron chi connectivity index (χ4n) is 3.51. The molecule has 0 spiro atoms. The SMILES string of the molecule is CNc1cc(C)nc([C@H]2CCN(C(=O)c3n[nH]c4ccccc34)C2)c1. The molecule has 1 aliphatic heterocycles. The number of carbonyl (C=O) groups excluding carboxylic acids is 1. The fourth-order valence-corrected chi connectivity index (χ4v) is 3.51. The zero-order chi connectivity index (χ0) is 17.4. The highest BCUT2D eigenvalue weighted by Crippen LogP contribution is 2.29. The van der Waals surface area contributed by atoms with E-state index >= 15 is 0 Å². The average molecular weight is 335 g/mol. The number of nitrogens with one attached hydrogen (secondary N) is 2. The van der Waals surface area contributed by atoms with Gasteiger partial charge in [-0.15, -0.1) is 0 Å². The minimum Gasteiger partial charge on any atom is -0.388 e. The maximum absolute atomic E-state index is 12.9. The lowest BCUT2D eigenvalue weighted by atomic mass is 10.0. The summed E-state index contributed by atoms with van der Waals surface area (Å²) in [5.74, 6) is 0.252. The Hall–Kier alpha value is -2.89. The monoisotopic (exact) mass is 335 g/mol. The molecule has 1 saturated heterocycles. The molecule has 3 heterocycles. The van der Waals surface area contributed by atoms with Gasteiger partial charge >= 0.3 is 0 Å². The zero-order valence-corrected chi connectivity index (χ0v) is 14.4. The molecule has 3 aromatic rings. The van der Waals surface area contributed by atoms with E-state index in [9.17, 15) is 4.79 Å². The predicted molar refractivity (Wildman–Crippen MR) is 97.9 cm³/mol. The van der Waals surface area contributed by atoms with Crippen LogP contribution in [-0.4, -0.2) is 46.1 Å². The largest absolute Gasteiger partial charge is 0.388 e. The molecule has 1 fully saturated rings. The molecule has 2 aromatic heterocycles. The van der Waals surface area contributed by atoms with Crippen molar-refractivity contribution < 1.29 is 4.79 Å². The van der Waals surface area contributed by atoms with Crippen LogP contribution in [0.3, 0.4) is 0 Å². The molecular formula is C19H21N5O. The molecule has 6 heteroatoms. The van der Waals surface area contributed by atoms with E-state index in [1.54, 1.807) is 0 Å². The quantitative estimate of drug-likeness (QED) is 0.772. The summed E-state index contributed by atoms with van der Waals surface area (Å²) in [4.78, 5) is 19.5. The van der Waals surface area contributed by atoms with Gasteiger partial charge in [0.1, 0.15) is 0 Å². The van der Waals surface area contributed by atoms with Crippen molar-refractivity contribution in [3.05, 3.63) is 53.5 Å². The highest BCUT2D eigenvalue weighted by molar-refractivity contribution is 6.04. The minimum absolute atomic E-state index is 0.0126. The van der Waals surface area contributed by atoms with Gasteiger partial charge in [-0.25, -0.2) is 0 Å². The van der Waals surface area contributed by atoms with Gasteiger partial charge in [0.15, 0.2) is 5.69 Å². The van der Waals surface area contributed by atoms with Crippen molar-refractivity contribution >= 4 is 22.5 Å². The maximum Gasteiger partial charge on any atom is 0.275 e. The van der Waals surface area contributed by atoms with Gasteiger partial charge in [0.05, 0.1) is 5.52 Å². The first kappa shape index (κ1) is 15.6. The van der Waals surface area contributed by atoms with E-state index in [0.29, 0.717) is 12.2 Å². The second-order valence-electron chi connectivity index (χ2n) is 6.53. The summed E-state index contributed by atoms with van der Waals surface area (Å²) in [7, 11) is 1.91. The summed E-state index contributed by atoms with van der Waals surface area (Å²) in [6, 6.07) is 11.8. The third-order valence-electron chi connectivity index (χ3n) is 4.83. The number of pyridine rings is 1. The van der Waals surface area contributed by atoms with Crippen LogP contribution in [0.15, 0.2) is 36.4 Å². The number of fused-ring (bicyclic) bond motifs is 1. The number of benzene rings is 1. The lowest BCUT2D eigenvalue weighted by Crippen LogP contribution is -2.29. The first-order valence-corrected chi connectivity index (χ1v) is 8.54. The number of aromatic amines is 1. The lowest BCUT2D eigenvalue weighted by molar-refractivity contribution is 0.0786. The van der Waals surface area contributed by atoms with E-state index in [0.717, 1.165) is 40.9 Å². The molecule has 1 atom stereocenters. The number of para-hydroxylation sites is 1. The number of likely N-dealkylation sites (tertiary alicyclic amines) is 1. The van der Waals surface area contributed by atoms with E-state index < -0.39 is 0 Å². The third kappa shape index (κ3) is 2.84. The first-order chi connectivity index (χ1) is 12.2. The Morgan fingerprint density at radius 3 is 3.00 bits per heavy atom. The zero-order valence-electron chi connectivity index (χ0n) is 14.4. The Balaban J connectivity index is 1.56. The molecule has 2 N–H and O–H groups in total. The number of hydrogen-bond donors (Lipinski definition) is 2. The predicted octanol–water partition coefficient (Wildman–Crippen LogP) is 2.94. The van der Waals surface area contributed by atoms with E-state index in [-0.39, 0.29) is 11.8 Å². The van der Waals surface area contributed by atoms with Gasteiger partial charge in [0.25, 0.3) is 5.91 Å². The molecule has 25 heavy (non-hydrogen) atoms. The highest BCUT2D eigenvalue weighted by atomic mass is 16.2. The number of carbonyl (C=O) groups is 1. The lowest BCUT2D eigenvalue weighted by Gasteiger charge is -2.16. The van der Waals surface area contributed by atoms with Gasteiger partial charge in [0, 0.05) is 48.5 Å². The van der Waals surface area contributed by atoms with Gasteiger partial charge in [0.2, 0.25) is 0 Å². The fraction of sp³-hybridized carbons (Fsp3) is 0.316. The Morgan fingerprint density at radius 1 is 1.32 bits per heavy atom. The molecule has 6 nitrogen and oxygen atoms in total. The van der Waals surface area contributed by atoms with Crippen molar-refractivity contribution in [2.75, 3.05) is 25.5 Å². The van der Waals surface area contributed by atoms with Crippen molar-refractivity contribution in [2.45, 2.75) is 19.3 Å². The Kier molecular flexibility index (Phi) is 3.87. The smallest absolute Gasteiger partial charge is 0.275 e. The second-order valence-corrected chi connectivity index (χ2v) is 6.53. The second kappa shape index (κ2) is 6.20. The van der Waals surface area contributed by atoms with Crippen LogP contribution >= 0.6 is 0 Å². The summed E-state index contributed by atoms with van der Waals surface area (Å²) in [6.07, 6.45) is 0.924. The molecule has 0 bridgehead atoms. The molecule has 0 radical (unpaired) electrons. The molecule has 0 unspecified atom stereocenters. The number of nitrogens with zero attached hydrogens (tertiary/aromatic N) is 3. The Labute approximate surface area is 146 Å². The number of rotatable bonds is 3. The number of hydrogen-bond acceptors (Lipinski definition) is 4. The van der Waals surface area contributed by atoms with Crippen molar-refractivity contribution in [1.29, 1.82) is 0 Å². The van der Waals surface area contributed by atoms with Crippen LogP contribution < -0.4 is 5.32 Å². The van der Waals surface area contributed by atoms with E-state index in [1.165, 1.54) is 0 Å². The summed E-state index contributed by atoms with van der Waals surface area (Å²) < 4.78 is 0. The van der Waals surface area contributed by atoms with Crippen molar-refractivity contribution in [1.82, 2.24) is 20.1 Å². The molecule has 1 aliphatic rings. The summed E-state index contributed by atoms with van der Waals surface area (Å²) in [5.41, 5.74) is 4.49. The summed E-state index contributed by atoms with van der Waals surface area (Å²) in [5, 5.41) is 11.2.